The number of hydrogen-bond acceptors (Lipinski definition) is 2. The molecular weight excluding hydrogens is 180 g/mol. The molecule has 0 bridgehead atoms. The van der Waals surface area contributed by atoms with Crippen LogP contribution in [0.3, 0.4) is 0 Å². The molecule has 0 aliphatic carbocycles. The van der Waals surface area contributed by atoms with Gasteiger partial charge in [-0.3, -0.25) is 0 Å². The van der Waals surface area contributed by atoms with Crippen molar-refractivity contribution in [1.29, 1.82) is 0 Å². The minimum absolute atomic E-state index is 0.775. The van der Waals surface area contributed by atoms with Crippen LogP contribution in [-0.2, 0) is 8.85 Å². The van der Waals surface area contributed by atoms with Gasteiger partial charge >= 0.3 is 8.56 Å². The molecule has 0 amide bonds. The van der Waals surface area contributed by atoms with Crippen LogP contribution in [0.2, 0.25) is 12.1 Å². The van der Waals surface area contributed by atoms with Gasteiger partial charge < -0.3 is 8.85 Å². The minimum atomic E-state index is -1.83. The van der Waals surface area contributed by atoms with Gasteiger partial charge in [0.05, 0.1) is 0 Å². The molecule has 0 heterocycles. The lowest BCUT2D eigenvalue weighted by atomic mass is 10.4. The second-order valence-electron chi connectivity index (χ2n) is 3.09. The molecule has 3 heteroatoms. The summed E-state index contributed by atoms with van der Waals surface area (Å²) in [5.41, 5.74) is 0. The van der Waals surface area contributed by atoms with E-state index in [2.05, 4.69) is 13.8 Å². The van der Waals surface area contributed by atoms with Crippen molar-refractivity contribution in [2.75, 3.05) is 13.2 Å². The summed E-state index contributed by atoms with van der Waals surface area (Å²) in [6.45, 7) is 11.7. The number of unbranched alkanes of at least 4 members (excludes halogenated alkanes) is 1. The fraction of sp³-hybridized carbons (Fsp3) is 0.900. The SMILES string of the molecule is [CH2]CCC[Si](CC)(OCC)OCC. The molecule has 2 nitrogen and oxygen atoms in total. The minimum Gasteiger partial charge on any atom is -0.394 e. The topological polar surface area (TPSA) is 18.5 Å². The molecule has 0 fully saturated rings. The maximum atomic E-state index is 5.81. The highest BCUT2D eigenvalue weighted by molar-refractivity contribution is 6.67. The van der Waals surface area contributed by atoms with Gasteiger partial charge in [0.1, 0.15) is 0 Å². The first-order valence-electron chi connectivity index (χ1n) is 5.31. The van der Waals surface area contributed by atoms with E-state index >= 15 is 0 Å². The smallest absolute Gasteiger partial charge is 0.337 e. The van der Waals surface area contributed by atoms with Crippen molar-refractivity contribution in [1.82, 2.24) is 0 Å². The summed E-state index contributed by atoms with van der Waals surface area (Å²) in [5, 5.41) is 0. The Morgan fingerprint density at radius 2 is 1.62 bits per heavy atom. The second kappa shape index (κ2) is 7.53. The first-order valence-corrected chi connectivity index (χ1v) is 7.54. The molecule has 0 saturated heterocycles. The molecule has 0 spiro atoms. The van der Waals surface area contributed by atoms with Gasteiger partial charge in [0.15, 0.2) is 0 Å². The predicted octanol–water partition coefficient (Wildman–Crippen LogP) is 3.14. The zero-order valence-electron chi connectivity index (χ0n) is 9.27. The van der Waals surface area contributed by atoms with Crippen LogP contribution in [0.1, 0.15) is 33.6 Å². The fourth-order valence-electron chi connectivity index (χ4n) is 1.49. The predicted molar refractivity (Wildman–Crippen MR) is 58.9 cm³/mol. The van der Waals surface area contributed by atoms with Crippen LogP contribution in [-0.4, -0.2) is 21.8 Å². The van der Waals surface area contributed by atoms with Gasteiger partial charge in [-0.15, -0.1) is 0 Å². The molecule has 0 aromatic heterocycles. The second-order valence-corrected chi connectivity index (χ2v) is 6.69. The molecule has 13 heavy (non-hydrogen) atoms. The summed E-state index contributed by atoms with van der Waals surface area (Å²) in [4.78, 5) is 0. The molecule has 0 N–H and O–H groups in total. The van der Waals surface area contributed by atoms with Crippen molar-refractivity contribution in [2.45, 2.75) is 45.7 Å². The van der Waals surface area contributed by atoms with Crippen LogP contribution in [0.15, 0.2) is 0 Å². The lowest BCUT2D eigenvalue weighted by molar-refractivity contribution is 0.183. The van der Waals surface area contributed by atoms with Gasteiger partial charge in [0, 0.05) is 13.2 Å². The van der Waals surface area contributed by atoms with E-state index in [0.717, 1.165) is 38.1 Å². The molecule has 79 valence electrons. The summed E-state index contributed by atoms with van der Waals surface area (Å²) in [6.07, 6.45) is 2.11. The van der Waals surface area contributed by atoms with E-state index in [4.69, 9.17) is 8.85 Å². The Balaban J connectivity index is 4.07. The zero-order chi connectivity index (χ0) is 10.2. The van der Waals surface area contributed by atoms with Crippen LogP contribution < -0.4 is 0 Å². The summed E-state index contributed by atoms with van der Waals surface area (Å²) >= 11 is 0. The standard InChI is InChI=1S/C10H23O2Si/c1-5-9-10-13(8-4,11-6-2)12-7-3/h1,5-10H2,2-4H3. The van der Waals surface area contributed by atoms with Crippen LogP contribution >= 0.6 is 0 Å². The number of rotatable bonds is 8. The third kappa shape index (κ3) is 4.79. The molecule has 0 aromatic carbocycles. The van der Waals surface area contributed by atoms with E-state index in [9.17, 15) is 0 Å². The lowest BCUT2D eigenvalue weighted by Crippen LogP contribution is -2.41. The van der Waals surface area contributed by atoms with Crippen LogP contribution in [0.5, 0.6) is 0 Å². The Morgan fingerprint density at radius 3 is 1.92 bits per heavy atom. The Bertz CT molecular complexity index is 111. The van der Waals surface area contributed by atoms with Gasteiger partial charge in [-0.25, -0.2) is 0 Å². The highest BCUT2D eigenvalue weighted by Gasteiger charge is 2.33. The van der Waals surface area contributed by atoms with Gasteiger partial charge in [0.2, 0.25) is 0 Å². The monoisotopic (exact) mass is 203 g/mol. The number of hydrogen-bond donors (Lipinski definition) is 0. The van der Waals surface area contributed by atoms with Crippen molar-refractivity contribution in [3.05, 3.63) is 6.92 Å². The summed E-state index contributed by atoms with van der Waals surface area (Å²) in [7, 11) is -1.83. The largest absolute Gasteiger partial charge is 0.394 e. The first kappa shape index (κ1) is 13.1. The molecule has 0 aliphatic heterocycles. The highest BCUT2D eigenvalue weighted by atomic mass is 28.4. The van der Waals surface area contributed by atoms with Gasteiger partial charge in [-0.1, -0.05) is 26.7 Å². The quantitative estimate of drug-likeness (QED) is 0.564. The maximum absolute atomic E-state index is 5.81. The Morgan fingerprint density at radius 1 is 1.08 bits per heavy atom. The van der Waals surface area contributed by atoms with E-state index < -0.39 is 8.56 Å². The summed E-state index contributed by atoms with van der Waals surface area (Å²) in [5.74, 6) is 0. The maximum Gasteiger partial charge on any atom is 0.337 e. The van der Waals surface area contributed by atoms with Gasteiger partial charge in [-0.05, 0) is 25.9 Å². The Hall–Kier alpha value is 0.137. The van der Waals surface area contributed by atoms with Crippen LogP contribution in [0, 0.1) is 6.92 Å². The van der Waals surface area contributed by atoms with Crippen molar-refractivity contribution in [3.63, 3.8) is 0 Å². The highest BCUT2D eigenvalue weighted by Crippen LogP contribution is 2.21. The summed E-state index contributed by atoms with van der Waals surface area (Å²) in [6, 6.07) is 2.14. The van der Waals surface area contributed by atoms with Crippen molar-refractivity contribution in [3.8, 4) is 0 Å². The molecule has 0 unspecified atom stereocenters. The third-order valence-corrected chi connectivity index (χ3v) is 5.98. The average molecular weight is 203 g/mol. The molecule has 0 aromatic rings. The van der Waals surface area contributed by atoms with E-state index in [1.165, 1.54) is 0 Å². The molecule has 0 rings (SSSR count). The van der Waals surface area contributed by atoms with E-state index in [1.807, 2.05) is 13.8 Å². The van der Waals surface area contributed by atoms with Crippen LogP contribution in [0.4, 0.5) is 0 Å². The van der Waals surface area contributed by atoms with Crippen molar-refractivity contribution >= 4 is 8.56 Å². The normalized spacial score (nSPS) is 12.0. The molecule has 0 aliphatic rings. The molecule has 1 radical (unpaired) electrons. The molecule has 0 saturated carbocycles. The van der Waals surface area contributed by atoms with Crippen LogP contribution in [0.25, 0.3) is 0 Å². The van der Waals surface area contributed by atoms with Gasteiger partial charge in [0.25, 0.3) is 0 Å². The average Bonchev–Trinajstić information content (AvgIpc) is 2.15. The van der Waals surface area contributed by atoms with Crippen molar-refractivity contribution < 1.29 is 8.85 Å². The first-order chi connectivity index (χ1) is 6.24. The van der Waals surface area contributed by atoms with Crippen molar-refractivity contribution in [2.24, 2.45) is 0 Å². The van der Waals surface area contributed by atoms with E-state index in [1.54, 1.807) is 0 Å². The lowest BCUT2D eigenvalue weighted by Gasteiger charge is -2.28. The Labute approximate surface area is 83.9 Å². The molecule has 0 atom stereocenters. The summed E-state index contributed by atoms with van der Waals surface area (Å²) < 4.78 is 11.6. The fourth-order valence-corrected chi connectivity index (χ4v) is 4.46. The van der Waals surface area contributed by atoms with E-state index in [-0.39, 0.29) is 0 Å². The van der Waals surface area contributed by atoms with Gasteiger partial charge in [-0.2, -0.15) is 0 Å². The third-order valence-electron chi connectivity index (χ3n) is 2.16. The molecular formula is C10H23O2Si. The zero-order valence-corrected chi connectivity index (χ0v) is 10.3. The van der Waals surface area contributed by atoms with E-state index in [0.29, 0.717) is 0 Å². The Kier molecular flexibility index (Phi) is 7.61.